The van der Waals surface area contributed by atoms with Gasteiger partial charge in [0.1, 0.15) is 0 Å². The Morgan fingerprint density at radius 3 is 1.57 bits per heavy atom. The van der Waals surface area contributed by atoms with Gasteiger partial charge in [-0.1, -0.05) is 137 Å². The Balaban J connectivity index is 0.000000227. The summed E-state index contributed by atoms with van der Waals surface area (Å²) in [6, 6.07) is 50.7. The number of benzene rings is 5. The van der Waals surface area contributed by atoms with Gasteiger partial charge in [0.25, 0.3) is 7.44 Å². The van der Waals surface area contributed by atoms with Gasteiger partial charge < -0.3 is 43.3 Å². The Bertz CT molecular complexity index is 2540. The summed E-state index contributed by atoms with van der Waals surface area (Å²) in [4.78, 5) is 23.7. The number of thiocarbonyl (C=S) groups is 1. The number of hydrogen-bond acceptors (Lipinski definition) is 9. The molecule has 0 amide bonds. The van der Waals surface area contributed by atoms with Gasteiger partial charge in [0.05, 0.1) is 32.3 Å². The van der Waals surface area contributed by atoms with E-state index < -0.39 is 15.9 Å². The summed E-state index contributed by atoms with van der Waals surface area (Å²) < 4.78 is 40.5. The molecular weight excluding hydrogens is 1010 g/mol. The molecule has 15 heteroatoms. The second-order valence-electron chi connectivity index (χ2n) is 17.8. The number of rotatable bonds is 23. The van der Waals surface area contributed by atoms with Crippen LogP contribution in [0.5, 0.6) is 0 Å². The molecule has 2 aliphatic rings. The smallest absolute Gasteiger partial charge is 0.338 e. The van der Waals surface area contributed by atoms with Crippen LogP contribution >= 0.6 is 28.1 Å². The van der Waals surface area contributed by atoms with Crippen LogP contribution < -0.4 is 29.3 Å². The van der Waals surface area contributed by atoms with Crippen molar-refractivity contribution < 1.29 is 28.2 Å². The Morgan fingerprint density at radius 1 is 0.632 bits per heavy atom. The number of hydrogen-bond donors (Lipinski definition) is 2. The van der Waals surface area contributed by atoms with E-state index in [0.717, 1.165) is 86.0 Å². The molecule has 0 aromatic heterocycles. The fourth-order valence-corrected chi connectivity index (χ4v) is 14.4. The second kappa shape index (κ2) is 33.8. The van der Waals surface area contributed by atoms with E-state index in [4.69, 9.17) is 26.2 Å². The molecule has 406 valence electrons. The first kappa shape index (κ1) is 60.7. The van der Waals surface area contributed by atoms with Gasteiger partial charge in [0, 0.05) is 66.5 Å². The van der Waals surface area contributed by atoms with Crippen molar-refractivity contribution >= 4 is 73.6 Å². The van der Waals surface area contributed by atoms with E-state index in [1.807, 2.05) is 119 Å². The quantitative estimate of drug-likeness (QED) is 0.0162. The zero-order valence-electron chi connectivity index (χ0n) is 45.6. The van der Waals surface area contributed by atoms with E-state index in [1.165, 1.54) is 29.4 Å². The third kappa shape index (κ3) is 18.5. The van der Waals surface area contributed by atoms with Crippen LogP contribution in [0.1, 0.15) is 99.3 Å². The highest BCUT2D eigenvalue weighted by molar-refractivity contribution is 7.80. The summed E-state index contributed by atoms with van der Waals surface area (Å²) in [5.74, 6) is -0.608. The van der Waals surface area contributed by atoms with Gasteiger partial charge >= 0.3 is 11.9 Å². The first-order chi connectivity index (χ1) is 37.1. The van der Waals surface area contributed by atoms with Crippen LogP contribution in [0.3, 0.4) is 0 Å². The summed E-state index contributed by atoms with van der Waals surface area (Å²) in [5, 5.41) is 7.77. The molecule has 0 radical (unpaired) electrons. The third-order valence-electron chi connectivity index (χ3n) is 12.5. The summed E-state index contributed by atoms with van der Waals surface area (Å²) in [6.45, 7) is 17.2. The summed E-state index contributed by atoms with van der Waals surface area (Å²) in [7, 11) is -4.23. The van der Waals surface area contributed by atoms with Gasteiger partial charge in [0.2, 0.25) is 8.45 Å². The van der Waals surface area contributed by atoms with Crippen molar-refractivity contribution in [1.29, 1.82) is 0 Å². The standard InChI is InChI=1S/C26H35N2O3P.C23H25N4OPS.C12H20O2/c1-4-7-14-22(5-2)25(21-26(29)31-6-3)32(30)27(23-15-10-8-11-16-23)19-20-28(32)24-17-12-9-13-18-24;30-23(25-20-10-4-1-5-11-20)24-16-19-28-29-26(21-12-6-2-7-13-21)17-18-27(29)22-14-8-3-9-15-22;1-4-7-8-11(5-2)9-10-12(13)14-6-3/h8-13,15-18H,4-7,14,19-21H2,1-3H3;1-15H,16-19H2,(H2,24,25,30);10H,4-8H2,1-3H3/b25-22+;;. The van der Waals surface area contributed by atoms with Crippen LogP contribution in [0.2, 0.25) is 0 Å². The Labute approximate surface area is 460 Å². The topological polar surface area (TPSA) is 116 Å². The fraction of sp³-hybridized carbons (Fsp3) is 0.377. The minimum absolute atomic E-state index is 0.0602. The Kier molecular flexibility index (Phi) is 27.0. The lowest BCUT2D eigenvalue weighted by Crippen LogP contribution is -2.31. The van der Waals surface area contributed by atoms with Crippen molar-refractivity contribution in [1.82, 2.24) is 5.32 Å². The summed E-state index contributed by atoms with van der Waals surface area (Å²) in [5.41, 5.74) is 10.5. The number of ether oxygens (including phenoxy) is 2. The maximum atomic E-state index is 15.3. The molecule has 0 aliphatic carbocycles. The molecule has 0 saturated carbocycles. The van der Waals surface area contributed by atoms with E-state index in [2.05, 4.69) is 102 Å². The molecule has 7 rings (SSSR count). The molecule has 5 aromatic carbocycles. The lowest BCUT2D eigenvalue weighted by molar-refractivity contribution is -0.142. The van der Waals surface area contributed by atoms with E-state index >= 15 is 4.57 Å². The largest absolute Gasteiger partial charge is 0.466 e. The van der Waals surface area contributed by atoms with Crippen LogP contribution in [0.25, 0.3) is 0 Å². The highest BCUT2D eigenvalue weighted by Gasteiger charge is 2.48. The predicted octanol–water partition coefficient (Wildman–Crippen LogP) is 15.5. The van der Waals surface area contributed by atoms with Gasteiger partial charge in [-0.05, 0) is 131 Å². The Hall–Kier alpha value is -6.19. The van der Waals surface area contributed by atoms with Crippen LogP contribution in [-0.4, -0.2) is 69.6 Å². The number of anilines is 5. The van der Waals surface area contributed by atoms with E-state index in [9.17, 15) is 9.59 Å². The average molecular weight is 1090 g/mol. The van der Waals surface area contributed by atoms with Crippen LogP contribution in [0.4, 0.5) is 28.4 Å². The molecule has 2 N–H and O–H groups in total. The van der Waals surface area contributed by atoms with Gasteiger partial charge in [-0.3, -0.25) is 9.36 Å². The molecule has 0 unspecified atom stereocenters. The Morgan fingerprint density at radius 2 is 1.11 bits per heavy atom. The molecular formula is C61H80N6O6P2S. The van der Waals surface area contributed by atoms with E-state index in [-0.39, 0.29) is 18.4 Å². The first-order valence-electron chi connectivity index (χ1n) is 27.0. The zero-order chi connectivity index (χ0) is 54.4. The molecule has 0 spiro atoms. The number of esters is 2. The molecule has 2 saturated heterocycles. The summed E-state index contributed by atoms with van der Waals surface area (Å²) >= 11 is 5.39. The molecule has 2 fully saturated rings. The van der Waals surface area contributed by atoms with Crippen molar-refractivity contribution in [3.05, 3.63) is 180 Å². The lowest BCUT2D eigenvalue weighted by Gasteiger charge is -2.35. The van der Waals surface area contributed by atoms with E-state index in [1.54, 1.807) is 6.92 Å². The number of nitrogens with one attached hydrogen (secondary N) is 2. The van der Waals surface area contributed by atoms with Gasteiger partial charge in [-0.25, -0.2) is 4.79 Å². The maximum absolute atomic E-state index is 15.3. The fourth-order valence-electron chi connectivity index (χ4n) is 8.71. The molecule has 2 heterocycles. The normalized spacial score (nSPS) is 14.0. The molecule has 12 nitrogen and oxygen atoms in total. The summed E-state index contributed by atoms with van der Waals surface area (Å²) in [6.07, 6.45) is 9.44. The van der Waals surface area contributed by atoms with Crippen molar-refractivity contribution in [2.24, 2.45) is 0 Å². The molecule has 76 heavy (non-hydrogen) atoms. The number of carbonyl (C=O) groups excluding carboxylic acids is 2. The van der Waals surface area contributed by atoms with Gasteiger partial charge in [0.15, 0.2) is 5.11 Å². The third-order valence-corrected chi connectivity index (χ3v) is 18.2. The molecule has 0 atom stereocenters. The van der Waals surface area contributed by atoms with Crippen LogP contribution in [-0.2, 0) is 28.2 Å². The zero-order valence-corrected chi connectivity index (χ0v) is 48.2. The molecule has 2 aliphatic heterocycles. The lowest BCUT2D eigenvalue weighted by atomic mass is 10.1. The number of carbonyl (C=O) groups is 2. The number of nitrogens with zero attached hydrogens (tertiary/aromatic N) is 4. The number of unbranched alkanes of at least 4 members (excludes halogenated alkanes) is 2. The monoisotopic (exact) mass is 1090 g/mol. The van der Waals surface area contributed by atoms with E-state index in [0.29, 0.717) is 44.6 Å². The van der Waals surface area contributed by atoms with Gasteiger partial charge in [-0.2, -0.15) is 0 Å². The maximum Gasteiger partial charge on any atom is 0.338 e. The van der Waals surface area contributed by atoms with Crippen molar-refractivity contribution in [2.75, 3.05) is 76.5 Å². The SMILES string of the molecule is CCCC/C(CC)=C(\CC(=O)OCC)P1(=O)N(c2ccccc2)CCN1c1ccccc1.CCCCC(=C=CC(=O)OCC)CC.S=C(NCCOP1N(c2ccccc2)CCN1c1ccccc1)Nc1ccccc1. The van der Waals surface area contributed by atoms with Gasteiger partial charge in [-0.15, -0.1) is 5.73 Å². The van der Waals surface area contributed by atoms with Crippen LogP contribution in [0, 0.1) is 0 Å². The van der Waals surface area contributed by atoms with Crippen molar-refractivity contribution in [3.8, 4) is 0 Å². The average Bonchev–Trinajstić information content (AvgIpc) is 4.06. The number of para-hydroxylation sites is 5. The number of allylic oxidation sites excluding steroid dienone is 1. The first-order valence-corrected chi connectivity index (χ1v) is 30.2. The van der Waals surface area contributed by atoms with Crippen LogP contribution in [0.15, 0.2) is 180 Å². The second-order valence-corrected chi connectivity index (χ2v) is 22.5. The highest BCUT2D eigenvalue weighted by Crippen LogP contribution is 2.67. The minimum atomic E-state index is -3.29. The predicted molar refractivity (Wildman–Crippen MR) is 322 cm³/mol. The molecule has 5 aromatic rings. The van der Waals surface area contributed by atoms with Crippen molar-refractivity contribution in [2.45, 2.75) is 99.3 Å². The highest BCUT2D eigenvalue weighted by atomic mass is 32.1. The molecule has 0 bridgehead atoms. The minimum Gasteiger partial charge on any atom is -0.466 e. The van der Waals surface area contributed by atoms with Crippen molar-refractivity contribution in [3.63, 3.8) is 0 Å².